The lowest BCUT2D eigenvalue weighted by Gasteiger charge is -2.09. The third-order valence-corrected chi connectivity index (χ3v) is 2.24. The van der Waals surface area contributed by atoms with Crippen LogP contribution in [0.5, 0.6) is 11.5 Å². The molecule has 90 valence electrons. The van der Waals surface area contributed by atoms with Crippen LogP contribution in [-0.2, 0) is 4.79 Å². The largest absolute Gasteiger partial charge is 0.455 e. The van der Waals surface area contributed by atoms with Gasteiger partial charge >= 0.3 is 0 Å². The van der Waals surface area contributed by atoms with Crippen molar-refractivity contribution in [1.82, 2.24) is 4.98 Å². The number of ketones is 1. The Kier molecular flexibility index (Phi) is 3.33. The van der Waals surface area contributed by atoms with Gasteiger partial charge in [0, 0.05) is 11.9 Å². The van der Waals surface area contributed by atoms with Gasteiger partial charge in [0.2, 0.25) is 5.78 Å². The van der Waals surface area contributed by atoms with E-state index < -0.39 is 5.78 Å². The van der Waals surface area contributed by atoms with Gasteiger partial charge in [-0.1, -0.05) is 0 Å². The van der Waals surface area contributed by atoms with E-state index >= 15 is 0 Å². The molecule has 5 heteroatoms. The maximum absolute atomic E-state index is 11.5. The molecule has 2 rings (SSSR count). The first-order valence-corrected chi connectivity index (χ1v) is 5.17. The summed E-state index contributed by atoms with van der Waals surface area (Å²) in [5.74, 6) is 0.0673. The van der Waals surface area contributed by atoms with Crippen molar-refractivity contribution in [2.75, 3.05) is 5.73 Å². The van der Waals surface area contributed by atoms with Gasteiger partial charge in [0.1, 0.15) is 11.5 Å². The Morgan fingerprint density at radius 3 is 2.83 bits per heavy atom. The summed E-state index contributed by atoms with van der Waals surface area (Å²) in [4.78, 5) is 25.9. The van der Waals surface area contributed by atoms with Crippen molar-refractivity contribution in [3.05, 3.63) is 48.3 Å². The third-order valence-electron chi connectivity index (χ3n) is 2.24. The average Bonchev–Trinajstić information content (AvgIpc) is 2.41. The molecule has 0 spiro atoms. The fraction of sp³-hybridized carbons (Fsp3) is 0. The van der Waals surface area contributed by atoms with Crippen LogP contribution < -0.4 is 10.5 Å². The van der Waals surface area contributed by atoms with Crippen molar-refractivity contribution in [3.63, 3.8) is 0 Å². The van der Waals surface area contributed by atoms with Gasteiger partial charge in [0.25, 0.3) is 0 Å². The molecule has 2 N–H and O–H groups in total. The molecule has 1 aromatic heterocycles. The lowest BCUT2D eigenvalue weighted by Crippen LogP contribution is -2.04. The second-order valence-corrected chi connectivity index (χ2v) is 3.53. The summed E-state index contributed by atoms with van der Waals surface area (Å²) in [7, 11) is 0. The quantitative estimate of drug-likeness (QED) is 0.383. The van der Waals surface area contributed by atoms with Crippen LogP contribution in [-0.4, -0.2) is 17.1 Å². The molecule has 0 radical (unpaired) electrons. The zero-order valence-electron chi connectivity index (χ0n) is 9.37. The monoisotopic (exact) mass is 242 g/mol. The second-order valence-electron chi connectivity index (χ2n) is 3.53. The number of hydrogen-bond donors (Lipinski definition) is 1. The fourth-order valence-electron chi connectivity index (χ4n) is 1.43. The summed E-state index contributed by atoms with van der Waals surface area (Å²) in [6, 6.07) is 7.93. The summed E-state index contributed by atoms with van der Waals surface area (Å²) < 4.78 is 5.49. The number of carbonyl (C=O) groups is 2. The van der Waals surface area contributed by atoms with Gasteiger partial charge in [0.15, 0.2) is 6.29 Å². The number of aldehydes is 1. The van der Waals surface area contributed by atoms with Crippen molar-refractivity contribution >= 4 is 17.8 Å². The van der Waals surface area contributed by atoms with Crippen LogP contribution in [0, 0.1) is 0 Å². The Morgan fingerprint density at radius 1 is 1.33 bits per heavy atom. The minimum atomic E-state index is -0.679. The zero-order valence-corrected chi connectivity index (χ0v) is 9.37. The molecule has 0 fully saturated rings. The number of carbonyl (C=O) groups excluding carboxylic acids is 2. The minimum absolute atomic E-state index is 0.133. The number of hydrogen-bond acceptors (Lipinski definition) is 5. The Labute approximate surface area is 103 Å². The van der Waals surface area contributed by atoms with E-state index in [0.29, 0.717) is 11.4 Å². The van der Waals surface area contributed by atoms with Gasteiger partial charge < -0.3 is 10.5 Å². The summed E-state index contributed by atoms with van der Waals surface area (Å²) in [5, 5.41) is 0. The van der Waals surface area contributed by atoms with E-state index in [-0.39, 0.29) is 17.6 Å². The Balaban J connectivity index is 2.38. The molecule has 5 nitrogen and oxygen atoms in total. The zero-order chi connectivity index (χ0) is 13.0. The van der Waals surface area contributed by atoms with E-state index in [1.165, 1.54) is 12.3 Å². The first kappa shape index (κ1) is 11.8. The molecule has 0 aliphatic carbocycles. The number of nitrogen functional groups attached to an aromatic ring is 1. The first-order chi connectivity index (χ1) is 8.70. The Morgan fingerprint density at radius 2 is 2.17 bits per heavy atom. The van der Waals surface area contributed by atoms with Crippen LogP contribution >= 0.6 is 0 Å². The van der Waals surface area contributed by atoms with Crippen LogP contribution in [0.1, 0.15) is 10.4 Å². The average molecular weight is 242 g/mol. The Bertz CT molecular complexity index is 582. The summed E-state index contributed by atoms with van der Waals surface area (Å²) in [5.41, 5.74) is 6.10. The molecule has 0 unspecified atom stereocenters. The van der Waals surface area contributed by atoms with Crippen LogP contribution in [0.3, 0.4) is 0 Å². The number of aromatic nitrogens is 1. The van der Waals surface area contributed by atoms with Crippen molar-refractivity contribution in [2.24, 2.45) is 0 Å². The van der Waals surface area contributed by atoms with Gasteiger partial charge in [-0.25, -0.2) is 0 Å². The number of rotatable bonds is 4. The highest BCUT2D eigenvalue weighted by Gasteiger charge is 2.13. The molecule has 0 amide bonds. The SMILES string of the molecule is Nc1ccc(Oc2cccnc2)c(C(=O)C=O)c1. The minimum Gasteiger partial charge on any atom is -0.455 e. The number of ether oxygens (including phenoxy) is 1. The highest BCUT2D eigenvalue weighted by Crippen LogP contribution is 2.26. The van der Waals surface area contributed by atoms with E-state index in [2.05, 4.69) is 4.98 Å². The standard InChI is InChI=1S/C13H10N2O3/c14-9-3-4-13(11(6-9)12(17)8-16)18-10-2-1-5-15-7-10/h1-8H,14H2. The Hall–Kier alpha value is -2.69. The maximum Gasteiger partial charge on any atom is 0.229 e. The van der Waals surface area contributed by atoms with Crippen LogP contribution in [0.15, 0.2) is 42.7 Å². The van der Waals surface area contributed by atoms with Crippen molar-refractivity contribution in [3.8, 4) is 11.5 Å². The van der Waals surface area contributed by atoms with Crippen molar-refractivity contribution in [2.45, 2.75) is 0 Å². The van der Waals surface area contributed by atoms with Gasteiger partial charge in [-0.2, -0.15) is 0 Å². The number of Topliss-reactive ketones (excluding diaryl/α,β-unsaturated/α-hetero) is 1. The van der Waals surface area contributed by atoms with Crippen LogP contribution in [0.25, 0.3) is 0 Å². The topological polar surface area (TPSA) is 82.3 Å². The number of nitrogens with two attached hydrogens (primary N) is 1. The first-order valence-electron chi connectivity index (χ1n) is 5.17. The lowest BCUT2D eigenvalue weighted by molar-refractivity contribution is -0.104. The predicted molar refractivity (Wildman–Crippen MR) is 65.6 cm³/mol. The molecule has 0 aliphatic rings. The molecule has 1 aromatic carbocycles. The van der Waals surface area contributed by atoms with Gasteiger partial charge in [-0.15, -0.1) is 0 Å². The van der Waals surface area contributed by atoms with Gasteiger partial charge in [0.05, 0.1) is 11.8 Å². The molecule has 0 bridgehead atoms. The van der Waals surface area contributed by atoms with Crippen molar-refractivity contribution < 1.29 is 14.3 Å². The van der Waals surface area contributed by atoms with E-state index in [1.807, 2.05) is 0 Å². The maximum atomic E-state index is 11.5. The van der Waals surface area contributed by atoms with E-state index in [0.717, 1.165) is 0 Å². The molecule has 0 saturated carbocycles. The summed E-state index contributed by atoms with van der Waals surface area (Å²) in [6.45, 7) is 0. The molecule has 18 heavy (non-hydrogen) atoms. The molecule has 0 atom stereocenters. The third kappa shape index (κ3) is 2.52. The van der Waals surface area contributed by atoms with Gasteiger partial charge in [-0.05, 0) is 30.3 Å². The molecule has 2 aromatic rings. The number of nitrogens with zero attached hydrogens (tertiary/aromatic N) is 1. The van der Waals surface area contributed by atoms with Crippen molar-refractivity contribution in [1.29, 1.82) is 0 Å². The second kappa shape index (κ2) is 5.09. The molecular formula is C13H10N2O3. The van der Waals surface area contributed by atoms with Gasteiger partial charge in [-0.3, -0.25) is 14.6 Å². The molecular weight excluding hydrogens is 232 g/mol. The summed E-state index contributed by atoms with van der Waals surface area (Å²) in [6.07, 6.45) is 3.34. The highest BCUT2D eigenvalue weighted by atomic mass is 16.5. The molecule has 0 aliphatic heterocycles. The normalized spacial score (nSPS) is 9.78. The number of anilines is 1. The van der Waals surface area contributed by atoms with E-state index in [4.69, 9.17) is 10.5 Å². The molecule has 1 heterocycles. The van der Waals surface area contributed by atoms with E-state index in [9.17, 15) is 9.59 Å². The predicted octanol–water partition coefficient (Wildman–Crippen LogP) is 1.84. The molecule has 0 saturated heterocycles. The smallest absolute Gasteiger partial charge is 0.229 e. The summed E-state index contributed by atoms with van der Waals surface area (Å²) >= 11 is 0. The number of pyridine rings is 1. The number of benzene rings is 1. The lowest BCUT2D eigenvalue weighted by atomic mass is 10.1. The van der Waals surface area contributed by atoms with Crippen LogP contribution in [0.4, 0.5) is 5.69 Å². The van der Waals surface area contributed by atoms with E-state index in [1.54, 1.807) is 30.5 Å². The van der Waals surface area contributed by atoms with Crippen LogP contribution in [0.2, 0.25) is 0 Å². The highest BCUT2D eigenvalue weighted by molar-refractivity contribution is 6.34. The fourth-order valence-corrected chi connectivity index (χ4v) is 1.43.